The normalized spacial score (nSPS) is 20.7. The fraction of sp³-hybridized carbons (Fsp3) is 0.562. The molecular weight excluding hydrogens is 348 g/mol. The van der Waals surface area contributed by atoms with Gasteiger partial charge in [0.25, 0.3) is 5.91 Å². The van der Waals surface area contributed by atoms with Crippen molar-refractivity contribution in [2.75, 3.05) is 20.3 Å². The quantitative estimate of drug-likeness (QED) is 0.807. The molecule has 1 aromatic rings. The first kappa shape index (κ1) is 17.1. The molecule has 0 heterocycles. The van der Waals surface area contributed by atoms with Crippen molar-refractivity contribution in [1.29, 1.82) is 0 Å². The summed E-state index contributed by atoms with van der Waals surface area (Å²) in [6, 6.07) is 3.63. The molecule has 1 aliphatic carbocycles. The molecule has 1 aliphatic rings. The molecule has 0 aliphatic heterocycles. The first-order valence-electron chi connectivity index (χ1n) is 7.62. The van der Waals surface area contributed by atoms with Crippen LogP contribution in [0.3, 0.4) is 0 Å². The van der Waals surface area contributed by atoms with E-state index in [-0.39, 0.29) is 11.9 Å². The molecule has 0 spiro atoms. The second kappa shape index (κ2) is 7.83. The first-order valence-corrected chi connectivity index (χ1v) is 8.41. The van der Waals surface area contributed by atoms with Gasteiger partial charge in [-0.15, -0.1) is 0 Å². The number of nitrogens with two attached hydrogens (primary N) is 1. The van der Waals surface area contributed by atoms with Crippen molar-refractivity contribution in [2.45, 2.75) is 32.2 Å². The summed E-state index contributed by atoms with van der Waals surface area (Å²) < 4.78 is 11.6. The molecule has 2 rings (SSSR count). The van der Waals surface area contributed by atoms with E-state index in [1.807, 2.05) is 6.92 Å². The van der Waals surface area contributed by atoms with Crippen LogP contribution in [0.25, 0.3) is 0 Å². The third-order valence-electron chi connectivity index (χ3n) is 4.06. The first-order chi connectivity index (χ1) is 10.6. The van der Waals surface area contributed by atoms with Gasteiger partial charge in [0.05, 0.1) is 18.2 Å². The predicted molar refractivity (Wildman–Crippen MR) is 89.5 cm³/mol. The van der Waals surface area contributed by atoms with Crippen LogP contribution in [0, 0.1) is 5.92 Å². The van der Waals surface area contributed by atoms with Crippen LogP contribution in [0.15, 0.2) is 16.6 Å². The molecule has 22 heavy (non-hydrogen) atoms. The van der Waals surface area contributed by atoms with Crippen LogP contribution in [0.1, 0.15) is 36.5 Å². The number of hydrogen-bond acceptors (Lipinski definition) is 4. The van der Waals surface area contributed by atoms with E-state index in [0.29, 0.717) is 40.6 Å². The lowest BCUT2D eigenvalue weighted by molar-refractivity contribution is 0.0928. The number of halogens is 1. The third kappa shape index (κ3) is 3.73. The lowest BCUT2D eigenvalue weighted by atomic mass is 10.0. The van der Waals surface area contributed by atoms with E-state index in [0.717, 1.165) is 19.3 Å². The highest BCUT2D eigenvalue weighted by molar-refractivity contribution is 9.10. The van der Waals surface area contributed by atoms with Crippen LogP contribution in [-0.2, 0) is 0 Å². The van der Waals surface area contributed by atoms with E-state index in [9.17, 15) is 4.79 Å². The van der Waals surface area contributed by atoms with E-state index >= 15 is 0 Å². The molecule has 1 amide bonds. The summed E-state index contributed by atoms with van der Waals surface area (Å²) in [6.07, 6.45) is 3.18. The van der Waals surface area contributed by atoms with E-state index in [1.165, 1.54) is 0 Å². The number of carbonyl (C=O) groups excluding carboxylic acids is 1. The number of methoxy groups -OCH3 is 1. The smallest absolute Gasteiger partial charge is 0.251 e. The molecule has 0 saturated heterocycles. The number of hydrogen-bond donors (Lipinski definition) is 2. The molecule has 2 unspecified atom stereocenters. The molecule has 122 valence electrons. The highest BCUT2D eigenvalue weighted by Gasteiger charge is 2.28. The Hall–Kier alpha value is -1.27. The van der Waals surface area contributed by atoms with Crippen molar-refractivity contribution >= 4 is 21.8 Å². The largest absolute Gasteiger partial charge is 0.493 e. The van der Waals surface area contributed by atoms with Crippen molar-refractivity contribution < 1.29 is 14.3 Å². The van der Waals surface area contributed by atoms with E-state index < -0.39 is 0 Å². The zero-order valence-corrected chi connectivity index (χ0v) is 14.6. The highest BCUT2D eigenvalue weighted by Crippen LogP contribution is 2.36. The minimum absolute atomic E-state index is 0.104. The molecular formula is C16H23BrN2O3. The molecule has 3 N–H and O–H groups in total. The lowest BCUT2D eigenvalue weighted by Gasteiger charge is -2.20. The molecule has 1 aromatic carbocycles. The SMILES string of the molecule is CCOc1c(Br)cc(C(=O)NC2CCCC2CN)cc1OC. The van der Waals surface area contributed by atoms with Crippen molar-refractivity contribution in [3.63, 3.8) is 0 Å². The summed E-state index contributed by atoms with van der Waals surface area (Å²) in [5.74, 6) is 1.43. The Morgan fingerprint density at radius 1 is 1.45 bits per heavy atom. The van der Waals surface area contributed by atoms with Gasteiger partial charge in [-0.25, -0.2) is 0 Å². The van der Waals surface area contributed by atoms with Gasteiger partial charge < -0.3 is 20.5 Å². The van der Waals surface area contributed by atoms with Gasteiger partial charge in [0.15, 0.2) is 11.5 Å². The second-order valence-electron chi connectivity index (χ2n) is 5.43. The van der Waals surface area contributed by atoms with Gasteiger partial charge >= 0.3 is 0 Å². The van der Waals surface area contributed by atoms with Crippen LogP contribution < -0.4 is 20.5 Å². The monoisotopic (exact) mass is 370 g/mol. The molecule has 0 bridgehead atoms. The topological polar surface area (TPSA) is 73.6 Å². The summed E-state index contributed by atoms with van der Waals surface area (Å²) in [5, 5.41) is 3.09. The number of benzene rings is 1. The van der Waals surface area contributed by atoms with Gasteiger partial charge in [0.2, 0.25) is 0 Å². The van der Waals surface area contributed by atoms with Crippen LogP contribution >= 0.6 is 15.9 Å². The van der Waals surface area contributed by atoms with Crippen molar-refractivity contribution in [1.82, 2.24) is 5.32 Å². The Morgan fingerprint density at radius 3 is 2.86 bits per heavy atom. The molecule has 6 heteroatoms. The van der Waals surface area contributed by atoms with Gasteiger partial charge in [-0.3, -0.25) is 4.79 Å². The zero-order chi connectivity index (χ0) is 16.1. The molecule has 5 nitrogen and oxygen atoms in total. The zero-order valence-electron chi connectivity index (χ0n) is 13.0. The molecule has 2 atom stereocenters. The Morgan fingerprint density at radius 2 is 2.23 bits per heavy atom. The fourth-order valence-electron chi connectivity index (χ4n) is 2.90. The Bertz CT molecular complexity index is 536. The van der Waals surface area contributed by atoms with Gasteiger partial charge in [-0.1, -0.05) is 6.42 Å². The number of ether oxygens (including phenoxy) is 2. The number of rotatable bonds is 6. The summed E-state index contributed by atoms with van der Waals surface area (Å²) in [6.45, 7) is 3.04. The Labute approximate surface area is 139 Å². The standard InChI is InChI=1S/C16H23BrN2O3/c1-3-22-15-12(17)7-11(8-14(15)21-2)16(20)19-13-6-4-5-10(13)9-18/h7-8,10,13H,3-6,9,18H2,1-2H3,(H,19,20). The highest BCUT2D eigenvalue weighted by atomic mass is 79.9. The van der Waals surface area contributed by atoms with Gasteiger partial charge in [0.1, 0.15) is 0 Å². The minimum Gasteiger partial charge on any atom is -0.493 e. The predicted octanol–water partition coefficient (Wildman–Crippen LogP) is 2.71. The van der Waals surface area contributed by atoms with Crippen molar-refractivity contribution in [3.8, 4) is 11.5 Å². The third-order valence-corrected chi connectivity index (χ3v) is 4.65. The summed E-state index contributed by atoms with van der Waals surface area (Å²) in [5.41, 5.74) is 6.32. The van der Waals surface area contributed by atoms with Crippen LogP contribution in [0.5, 0.6) is 11.5 Å². The van der Waals surface area contributed by atoms with Gasteiger partial charge in [-0.2, -0.15) is 0 Å². The Balaban J connectivity index is 2.17. The minimum atomic E-state index is -0.104. The maximum atomic E-state index is 12.5. The average Bonchev–Trinajstić information content (AvgIpc) is 2.96. The van der Waals surface area contributed by atoms with Gasteiger partial charge in [0, 0.05) is 11.6 Å². The molecule has 0 aromatic heterocycles. The number of amides is 1. The number of nitrogens with one attached hydrogen (secondary N) is 1. The Kier molecular flexibility index (Phi) is 6.08. The van der Waals surface area contributed by atoms with Crippen LogP contribution in [0.2, 0.25) is 0 Å². The second-order valence-corrected chi connectivity index (χ2v) is 6.28. The van der Waals surface area contributed by atoms with Crippen molar-refractivity contribution in [3.05, 3.63) is 22.2 Å². The maximum absolute atomic E-state index is 12.5. The molecule has 1 fully saturated rings. The van der Waals surface area contributed by atoms with E-state index in [4.69, 9.17) is 15.2 Å². The van der Waals surface area contributed by atoms with Gasteiger partial charge in [-0.05, 0) is 60.3 Å². The summed E-state index contributed by atoms with van der Waals surface area (Å²) in [4.78, 5) is 12.5. The lowest BCUT2D eigenvalue weighted by Crippen LogP contribution is -2.39. The summed E-state index contributed by atoms with van der Waals surface area (Å²) >= 11 is 3.44. The van der Waals surface area contributed by atoms with Crippen molar-refractivity contribution in [2.24, 2.45) is 11.7 Å². The summed E-state index contributed by atoms with van der Waals surface area (Å²) in [7, 11) is 1.56. The molecule has 0 radical (unpaired) electrons. The average molecular weight is 371 g/mol. The number of carbonyl (C=O) groups is 1. The van der Waals surface area contributed by atoms with Crippen LogP contribution in [-0.4, -0.2) is 32.2 Å². The fourth-order valence-corrected chi connectivity index (χ4v) is 3.45. The van der Waals surface area contributed by atoms with E-state index in [2.05, 4.69) is 21.2 Å². The van der Waals surface area contributed by atoms with E-state index in [1.54, 1.807) is 19.2 Å². The maximum Gasteiger partial charge on any atom is 0.251 e. The van der Waals surface area contributed by atoms with Crippen LogP contribution in [0.4, 0.5) is 0 Å². The molecule has 1 saturated carbocycles.